The van der Waals surface area contributed by atoms with Crippen LogP contribution >= 0.6 is 11.8 Å². The molecule has 0 bridgehead atoms. The number of nitrogens with zero attached hydrogens (tertiary/aromatic N) is 3. The summed E-state index contributed by atoms with van der Waals surface area (Å²) in [5.41, 5.74) is 3.53. The summed E-state index contributed by atoms with van der Waals surface area (Å²) in [7, 11) is 0. The normalized spacial score (nSPS) is 16.7. The third-order valence-electron chi connectivity index (χ3n) is 3.59. The molecular weight excluding hydrogens is 280 g/mol. The summed E-state index contributed by atoms with van der Waals surface area (Å²) in [6, 6.07) is 17.2. The third-order valence-corrected chi connectivity index (χ3v) is 4.77. The maximum absolute atomic E-state index is 4.13. The highest BCUT2D eigenvalue weighted by Gasteiger charge is 2.22. The van der Waals surface area contributed by atoms with E-state index in [-0.39, 0.29) is 0 Å². The zero-order valence-electron chi connectivity index (χ0n) is 11.3. The van der Waals surface area contributed by atoms with Crippen LogP contribution in [-0.4, -0.2) is 20.5 Å². The summed E-state index contributed by atoms with van der Waals surface area (Å²) >= 11 is 1.91. The fourth-order valence-electron chi connectivity index (χ4n) is 2.54. The van der Waals surface area contributed by atoms with Crippen LogP contribution in [0.2, 0.25) is 0 Å². The summed E-state index contributed by atoms with van der Waals surface area (Å²) in [6.45, 7) is 0. The number of hydrogen-bond donors (Lipinski definition) is 1. The smallest absolute Gasteiger partial charge is 0.138 e. The molecule has 0 saturated carbocycles. The van der Waals surface area contributed by atoms with Gasteiger partial charge in [-0.1, -0.05) is 18.2 Å². The van der Waals surface area contributed by atoms with Gasteiger partial charge in [0.15, 0.2) is 0 Å². The minimum absolute atomic E-state index is 0.378. The van der Waals surface area contributed by atoms with Crippen molar-refractivity contribution >= 4 is 17.4 Å². The molecule has 2 aromatic carbocycles. The van der Waals surface area contributed by atoms with Crippen LogP contribution in [0.25, 0.3) is 5.69 Å². The minimum atomic E-state index is 0.378. The highest BCUT2D eigenvalue weighted by Crippen LogP contribution is 2.39. The van der Waals surface area contributed by atoms with E-state index < -0.39 is 0 Å². The van der Waals surface area contributed by atoms with Crippen LogP contribution in [0.4, 0.5) is 5.69 Å². The quantitative estimate of drug-likeness (QED) is 0.802. The zero-order chi connectivity index (χ0) is 14.1. The lowest BCUT2D eigenvalue weighted by Crippen LogP contribution is -2.09. The van der Waals surface area contributed by atoms with Crippen molar-refractivity contribution in [3.05, 3.63) is 66.7 Å². The maximum atomic E-state index is 4.13. The maximum Gasteiger partial charge on any atom is 0.138 e. The Morgan fingerprint density at radius 1 is 1.10 bits per heavy atom. The molecule has 104 valence electrons. The Balaban J connectivity index is 1.53. The Morgan fingerprint density at radius 3 is 2.76 bits per heavy atom. The number of thioether (sulfide) groups is 1. The van der Waals surface area contributed by atoms with Crippen LogP contribution < -0.4 is 5.32 Å². The molecular formula is C16H14N4S. The lowest BCUT2D eigenvalue weighted by atomic mass is 10.1. The Morgan fingerprint density at radius 2 is 1.95 bits per heavy atom. The average molecular weight is 294 g/mol. The van der Waals surface area contributed by atoms with Crippen molar-refractivity contribution in [2.45, 2.75) is 10.9 Å². The molecule has 1 aliphatic heterocycles. The number of rotatable bonds is 3. The van der Waals surface area contributed by atoms with E-state index in [1.54, 1.807) is 17.3 Å². The first kappa shape index (κ1) is 12.5. The van der Waals surface area contributed by atoms with Gasteiger partial charge in [-0.05, 0) is 35.9 Å². The Hall–Kier alpha value is -2.27. The fourth-order valence-corrected chi connectivity index (χ4v) is 3.70. The van der Waals surface area contributed by atoms with Crippen molar-refractivity contribution in [2.75, 3.05) is 11.1 Å². The van der Waals surface area contributed by atoms with Gasteiger partial charge in [-0.2, -0.15) is 5.10 Å². The van der Waals surface area contributed by atoms with Crippen LogP contribution in [0.3, 0.4) is 0 Å². The summed E-state index contributed by atoms with van der Waals surface area (Å²) in [5, 5.41) is 7.73. The Kier molecular flexibility index (Phi) is 3.12. The number of benzene rings is 2. The van der Waals surface area contributed by atoms with Crippen LogP contribution in [0.5, 0.6) is 0 Å². The van der Waals surface area contributed by atoms with Crippen molar-refractivity contribution in [1.29, 1.82) is 0 Å². The largest absolute Gasteiger partial charge is 0.377 e. The summed E-state index contributed by atoms with van der Waals surface area (Å²) in [5.74, 6) is 1.07. The highest BCUT2D eigenvalue weighted by atomic mass is 32.2. The van der Waals surface area contributed by atoms with Gasteiger partial charge in [0.2, 0.25) is 0 Å². The fraction of sp³-hybridized carbons (Fsp3) is 0.125. The average Bonchev–Trinajstić information content (AvgIpc) is 3.19. The van der Waals surface area contributed by atoms with Crippen molar-refractivity contribution < 1.29 is 0 Å². The lowest BCUT2D eigenvalue weighted by Gasteiger charge is -2.15. The molecule has 0 fully saturated rings. The molecule has 1 N–H and O–H groups in total. The summed E-state index contributed by atoms with van der Waals surface area (Å²) in [4.78, 5) is 5.35. The SMILES string of the molecule is c1ccc2c(c1)SCC2Nc1ccc(-n2cncn2)cc1. The van der Waals surface area contributed by atoms with E-state index in [1.807, 2.05) is 23.9 Å². The molecule has 1 aliphatic rings. The van der Waals surface area contributed by atoms with Gasteiger partial charge in [0.25, 0.3) is 0 Å². The summed E-state index contributed by atoms with van der Waals surface area (Å²) < 4.78 is 1.75. The first-order valence-corrected chi connectivity index (χ1v) is 7.82. The van der Waals surface area contributed by atoms with Gasteiger partial charge < -0.3 is 5.32 Å². The van der Waals surface area contributed by atoms with Crippen molar-refractivity contribution in [3.8, 4) is 5.69 Å². The Bertz CT molecular complexity index is 737. The highest BCUT2D eigenvalue weighted by molar-refractivity contribution is 7.99. The van der Waals surface area contributed by atoms with Gasteiger partial charge in [0.1, 0.15) is 12.7 Å². The second-order valence-electron chi connectivity index (χ2n) is 4.93. The molecule has 4 rings (SSSR count). The molecule has 1 unspecified atom stereocenters. The number of hydrogen-bond acceptors (Lipinski definition) is 4. The van der Waals surface area contributed by atoms with Crippen molar-refractivity contribution in [2.24, 2.45) is 0 Å². The predicted octanol–water partition coefficient (Wildman–Crippen LogP) is 3.53. The molecule has 0 radical (unpaired) electrons. The second-order valence-corrected chi connectivity index (χ2v) is 5.99. The van der Waals surface area contributed by atoms with Crippen LogP contribution in [0.15, 0.2) is 66.1 Å². The standard InChI is InChI=1S/C16H14N4S/c1-2-4-16-14(3-1)15(9-21-16)19-12-5-7-13(8-6-12)20-11-17-10-18-20/h1-8,10-11,15,19H,9H2. The predicted molar refractivity (Wildman–Crippen MR) is 84.9 cm³/mol. The topological polar surface area (TPSA) is 42.7 Å². The van der Waals surface area contributed by atoms with Gasteiger partial charge in [-0.25, -0.2) is 9.67 Å². The molecule has 1 atom stereocenters. The molecule has 0 aliphatic carbocycles. The van der Waals surface area contributed by atoms with E-state index in [9.17, 15) is 0 Å². The number of aromatic nitrogens is 3. The second kappa shape index (κ2) is 5.26. The molecule has 2 heterocycles. The van der Waals surface area contributed by atoms with Gasteiger partial charge >= 0.3 is 0 Å². The first-order valence-electron chi connectivity index (χ1n) is 6.83. The van der Waals surface area contributed by atoms with E-state index in [0.717, 1.165) is 17.1 Å². The van der Waals surface area contributed by atoms with E-state index in [1.165, 1.54) is 10.5 Å². The van der Waals surface area contributed by atoms with Crippen molar-refractivity contribution in [3.63, 3.8) is 0 Å². The number of fused-ring (bicyclic) bond motifs is 1. The van der Waals surface area contributed by atoms with Gasteiger partial charge in [0.05, 0.1) is 11.7 Å². The van der Waals surface area contributed by atoms with E-state index in [4.69, 9.17) is 0 Å². The van der Waals surface area contributed by atoms with Gasteiger partial charge in [0, 0.05) is 16.3 Å². The minimum Gasteiger partial charge on any atom is -0.377 e. The van der Waals surface area contributed by atoms with E-state index in [2.05, 4.69) is 51.8 Å². The van der Waals surface area contributed by atoms with E-state index >= 15 is 0 Å². The molecule has 0 saturated heterocycles. The van der Waals surface area contributed by atoms with Crippen LogP contribution in [0, 0.1) is 0 Å². The van der Waals surface area contributed by atoms with Gasteiger partial charge in [-0.15, -0.1) is 11.8 Å². The molecule has 3 aromatic rings. The molecule has 1 aromatic heterocycles. The van der Waals surface area contributed by atoms with Gasteiger partial charge in [-0.3, -0.25) is 0 Å². The first-order chi connectivity index (χ1) is 10.4. The molecule has 21 heavy (non-hydrogen) atoms. The van der Waals surface area contributed by atoms with E-state index in [0.29, 0.717) is 6.04 Å². The van der Waals surface area contributed by atoms with Crippen LogP contribution in [-0.2, 0) is 0 Å². The monoisotopic (exact) mass is 294 g/mol. The third kappa shape index (κ3) is 2.40. The molecule has 0 amide bonds. The molecule has 5 heteroatoms. The summed E-state index contributed by atoms with van der Waals surface area (Å²) in [6.07, 6.45) is 3.24. The van der Waals surface area contributed by atoms with Crippen LogP contribution in [0.1, 0.15) is 11.6 Å². The number of anilines is 1. The lowest BCUT2D eigenvalue weighted by molar-refractivity contribution is 0.876. The number of nitrogens with one attached hydrogen (secondary N) is 1. The zero-order valence-corrected chi connectivity index (χ0v) is 12.1. The van der Waals surface area contributed by atoms with Crippen molar-refractivity contribution in [1.82, 2.24) is 14.8 Å². The molecule has 0 spiro atoms. The Labute approximate surface area is 127 Å². The molecule has 4 nitrogen and oxygen atoms in total.